The Bertz CT molecular complexity index is 739. The number of nitrogens with zero attached hydrogens (tertiary/aromatic N) is 2. The Labute approximate surface area is 152 Å². The molecular weight excluding hydrogens is 332 g/mol. The lowest BCUT2D eigenvalue weighted by Crippen LogP contribution is -2.62. The number of pyridine rings is 1. The molecule has 2 aliphatic heterocycles. The first-order chi connectivity index (χ1) is 12.7. The van der Waals surface area contributed by atoms with E-state index in [1.54, 1.807) is 17.3 Å². The van der Waals surface area contributed by atoms with Crippen LogP contribution in [0.4, 0.5) is 4.79 Å². The lowest BCUT2D eigenvalue weighted by atomic mass is 9.77. The number of carbonyl (C=O) groups excluding carboxylic acids is 1. The summed E-state index contributed by atoms with van der Waals surface area (Å²) < 4.78 is 11.1. The van der Waals surface area contributed by atoms with Gasteiger partial charge in [0.2, 0.25) is 0 Å². The Balaban J connectivity index is 1.48. The van der Waals surface area contributed by atoms with Crippen molar-refractivity contribution in [3.63, 3.8) is 0 Å². The van der Waals surface area contributed by atoms with Crippen LogP contribution in [0.25, 0.3) is 0 Å². The number of aliphatic hydroxyl groups is 1. The van der Waals surface area contributed by atoms with Crippen LogP contribution in [0.3, 0.4) is 0 Å². The van der Waals surface area contributed by atoms with Crippen LogP contribution < -0.4 is 0 Å². The Hall–Kier alpha value is -2.44. The van der Waals surface area contributed by atoms with Crippen LogP contribution in [0.1, 0.15) is 24.0 Å². The fourth-order valence-corrected chi connectivity index (χ4v) is 3.94. The van der Waals surface area contributed by atoms with Crippen molar-refractivity contribution in [2.45, 2.75) is 37.1 Å². The molecule has 0 aliphatic carbocycles. The molecule has 136 valence electrons. The first kappa shape index (κ1) is 17.0. The topological polar surface area (TPSA) is 71.9 Å². The maximum atomic E-state index is 12.7. The van der Waals surface area contributed by atoms with E-state index in [9.17, 15) is 9.90 Å². The maximum absolute atomic E-state index is 12.7. The minimum absolute atomic E-state index is 0.212. The van der Waals surface area contributed by atoms with Crippen molar-refractivity contribution >= 4 is 6.09 Å². The minimum atomic E-state index is -0.996. The van der Waals surface area contributed by atoms with E-state index in [-0.39, 0.29) is 24.8 Å². The number of rotatable bonds is 3. The Kier molecular flexibility index (Phi) is 4.61. The summed E-state index contributed by atoms with van der Waals surface area (Å²) in [7, 11) is 0. The molecule has 2 fully saturated rings. The highest BCUT2D eigenvalue weighted by atomic mass is 16.6. The molecule has 26 heavy (non-hydrogen) atoms. The maximum Gasteiger partial charge on any atom is 0.410 e. The Morgan fingerprint density at radius 1 is 1.19 bits per heavy atom. The van der Waals surface area contributed by atoms with E-state index in [0.717, 1.165) is 11.1 Å². The van der Waals surface area contributed by atoms with Gasteiger partial charge in [-0.2, -0.15) is 0 Å². The molecule has 2 aliphatic rings. The first-order valence-electron chi connectivity index (χ1n) is 8.85. The molecule has 2 saturated heterocycles. The number of piperidine rings is 1. The van der Waals surface area contributed by atoms with E-state index >= 15 is 0 Å². The van der Waals surface area contributed by atoms with E-state index in [1.807, 2.05) is 42.5 Å². The Morgan fingerprint density at radius 2 is 1.92 bits per heavy atom. The van der Waals surface area contributed by atoms with Gasteiger partial charge in [0, 0.05) is 30.8 Å². The van der Waals surface area contributed by atoms with E-state index in [0.29, 0.717) is 26.1 Å². The van der Waals surface area contributed by atoms with Gasteiger partial charge in [-0.3, -0.25) is 9.88 Å². The summed E-state index contributed by atoms with van der Waals surface area (Å²) in [5, 5.41) is 11.2. The van der Waals surface area contributed by atoms with Crippen molar-refractivity contribution in [3.05, 3.63) is 66.0 Å². The largest absolute Gasteiger partial charge is 0.445 e. The second-order valence-electron chi connectivity index (χ2n) is 6.97. The average Bonchev–Trinajstić information content (AvgIpc) is 2.67. The van der Waals surface area contributed by atoms with Crippen molar-refractivity contribution < 1.29 is 19.4 Å². The molecular formula is C20H22N2O4. The fraction of sp³-hybridized carbons (Fsp3) is 0.400. The van der Waals surface area contributed by atoms with Gasteiger partial charge in [-0.15, -0.1) is 0 Å². The van der Waals surface area contributed by atoms with Gasteiger partial charge >= 0.3 is 6.09 Å². The number of benzene rings is 1. The third kappa shape index (κ3) is 3.30. The van der Waals surface area contributed by atoms with Gasteiger partial charge in [-0.25, -0.2) is 4.79 Å². The molecule has 6 heteroatoms. The van der Waals surface area contributed by atoms with E-state index in [2.05, 4.69) is 4.98 Å². The summed E-state index contributed by atoms with van der Waals surface area (Å²) in [5.41, 5.74) is 0.740. The highest BCUT2D eigenvalue weighted by molar-refractivity contribution is 5.69. The van der Waals surface area contributed by atoms with Crippen molar-refractivity contribution in [1.29, 1.82) is 0 Å². The third-order valence-electron chi connectivity index (χ3n) is 5.17. The van der Waals surface area contributed by atoms with Crippen LogP contribution in [0.5, 0.6) is 0 Å². The summed E-state index contributed by atoms with van der Waals surface area (Å²) in [6.07, 6.45) is 3.86. The lowest BCUT2D eigenvalue weighted by Gasteiger charge is -2.50. The van der Waals surface area contributed by atoms with Crippen LogP contribution in [0.15, 0.2) is 54.9 Å². The van der Waals surface area contributed by atoms with Crippen molar-refractivity contribution in [1.82, 2.24) is 9.88 Å². The van der Waals surface area contributed by atoms with Gasteiger partial charge in [0.1, 0.15) is 6.61 Å². The predicted molar refractivity (Wildman–Crippen MR) is 94.2 cm³/mol. The number of fused-ring (bicyclic) bond motifs is 2. The molecule has 1 N–H and O–H groups in total. The van der Waals surface area contributed by atoms with Crippen LogP contribution >= 0.6 is 0 Å². The highest BCUT2D eigenvalue weighted by Crippen LogP contribution is 2.41. The molecule has 0 spiro atoms. The summed E-state index contributed by atoms with van der Waals surface area (Å²) in [5.74, 6) is 0. The normalized spacial score (nSPS) is 27.8. The number of morpholine rings is 1. The second-order valence-corrected chi connectivity index (χ2v) is 6.97. The summed E-state index contributed by atoms with van der Waals surface area (Å²) >= 11 is 0. The molecule has 2 unspecified atom stereocenters. The molecule has 0 saturated carbocycles. The zero-order valence-corrected chi connectivity index (χ0v) is 14.5. The predicted octanol–water partition coefficient (Wildman–Crippen LogP) is 2.47. The van der Waals surface area contributed by atoms with E-state index in [1.165, 1.54) is 0 Å². The molecule has 6 nitrogen and oxygen atoms in total. The zero-order chi connectivity index (χ0) is 18.0. The number of ether oxygens (including phenoxy) is 2. The van der Waals surface area contributed by atoms with Gasteiger partial charge in [0.15, 0.2) is 0 Å². The van der Waals surface area contributed by atoms with Crippen molar-refractivity contribution in [3.8, 4) is 0 Å². The molecule has 0 radical (unpaired) electrons. The van der Waals surface area contributed by atoms with Gasteiger partial charge in [-0.05, 0) is 11.6 Å². The molecule has 2 aromatic rings. The monoisotopic (exact) mass is 354 g/mol. The molecule has 1 aromatic heterocycles. The van der Waals surface area contributed by atoms with Crippen LogP contribution in [0, 0.1) is 0 Å². The molecule has 2 bridgehead atoms. The van der Waals surface area contributed by atoms with Crippen LogP contribution in [-0.2, 0) is 21.7 Å². The quantitative estimate of drug-likeness (QED) is 0.917. The first-order valence-corrected chi connectivity index (χ1v) is 8.85. The zero-order valence-electron chi connectivity index (χ0n) is 14.5. The number of amides is 1. The molecule has 1 aromatic carbocycles. The third-order valence-corrected chi connectivity index (χ3v) is 5.17. The lowest BCUT2D eigenvalue weighted by molar-refractivity contribution is -0.137. The minimum Gasteiger partial charge on any atom is -0.445 e. The van der Waals surface area contributed by atoms with Gasteiger partial charge in [0.25, 0.3) is 0 Å². The van der Waals surface area contributed by atoms with E-state index < -0.39 is 5.60 Å². The highest BCUT2D eigenvalue weighted by Gasteiger charge is 2.49. The number of hydrogen-bond donors (Lipinski definition) is 1. The SMILES string of the molecule is O=C(OCc1ccccc1)N1C2COCC1CC(O)(c1cccnc1)C2. The standard InChI is InChI=1S/C20H22N2O4/c23-19(26-12-15-5-2-1-3-6-15)22-17-9-20(24,10-18(22)14-25-13-17)16-7-4-8-21-11-16/h1-8,11,17-18,24H,9-10,12-14H2. The molecule has 3 heterocycles. The van der Waals surface area contributed by atoms with E-state index in [4.69, 9.17) is 9.47 Å². The van der Waals surface area contributed by atoms with Crippen molar-refractivity contribution in [2.24, 2.45) is 0 Å². The smallest absolute Gasteiger partial charge is 0.410 e. The van der Waals surface area contributed by atoms with Crippen molar-refractivity contribution in [2.75, 3.05) is 13.2 Å². The molecule has 2 atom stereocenters. The Morgan fingerprint density at radius 3 is 2.58 bits per heavy atom. The summed E-state index contributed by atoms with van der Waals surface area (Å²) in [6, 6.07) is 12.9. The van der Waals surface area contributed by atoms with Gasteiger partial charge in [-0.1, -0.05) is 36.4 Å². The van der Waals surface area contributed by atoms with Crippen LogP contribution in [-0.4, -0.2) is 46.4 Å². The molecule has 4 rings (SSSR count). The summed E-state index contributed by atoms with van der Waals surface area (Å²) in [6.45, 7) is 1.04. The van der Waals surface area contributed by atoms with Gasteiger partial charge in [0.05, 0.1) is 30.9 Å². The van der Waals surface area contributed by atoms with Gasteiger partial charge < -0.3 is 14.6 Å². The fourth-order valence-electron chi connectivity index (χ4n) is 3.94. The number of aromatic nitrogens is 1. The number of carbonyl (C=O) groups is 1. The molecule has 1 amide bonds. The average molecular weight is 354 g/mol. The van der Waals surface area contributed by atoms with Crippen LogP contribution in [0.2, 0.25) is 0 Å². The summed E-state index contributed by atoms with van der Waals surface area (Å²) in [4.78, 5) is 18.6. The number of hydrogen-bond acceptors (Lipinski definition) is 5. The second kappa shape index (κ2) is 7.05.